The molecule has 0 aliphatic rings. The maximum Gasteiger partial charge on any atom is 0.157 e. The van der Waals surface area contributed by atoms with E-state index in [1.807, 2.05) is 0 Å². The highest BCUT2D eigenvalue weighted by molar-refractivity contribution is 7.73. The van der Waals surface area contributed by atoms with E-state index in [9.17, 15) is 0 Å². The predicted molar refractivity (Wildman–Crippen MR) is 126 cm³/mol. The molecule has 0 saturated heterocycles. The lowest BCUT2D eigenvalue weighted by atomic mass is 10.1. The van der Waals surface area contributed by atoms with E-state index in [0.717, 1.165) is 32.5 Å². The summed E-state index contributed by atoms with van der Waals surface area (Å²) in [6, 6.07) is 0. The SMILES string of the molecule is CCCCCOC(CCCCC/C=C/CCC[P+](C)(C)C)OCCCCC.[Br-]. The van der Waals surface area contributed by atoms with E-state index >= 15 is 0 Å². The maximum atomic E-state index is 5.99. The fourth-order valence-corrected chi connectivity index (χ4v) is 4.15. The van der Waals surface area contributed by atoms with Crippen LogP contribution in [0.1, 0.15) is 97.3 Å². The van der Waals surface area contributed by atoms with Gasteiger partial charge < -0.3 is 26.5 Å². The van der Waals surface area contributed by atoms with Crippen molar-refractivity contribution in [2.45, 2.75) is 104 Å². The average molecular weight is 482 g/mol. The minimum absolute atomic E-state index is 0. The molecule has 0 amide bonds. The molecule has 0 aromatic rings. The fraction of sp³-hybridized carbons (Fsp3) is 0.917. The standard InChI is InChI=1S/C24H50O2P.BrH/c1-6-8-17-21-25-24(26-22-18-9-7-2)20-16-14-12-10-11-13-15-19-23-27(3,4)5;/h11,13,24H,6-10,12,14-23H2,1-5H3;1H/q+1;/p-1/b13-11+;. The second-order valence-electron chi connectivity index (χ2n) is 8.85. The number of hydrogen-bond donors (Lipinski definition) is 0. The molecule has 0 aliphatic heterocycles. The van der Waals surface area contributed by atoms with E-state index in [1.54, 1.807) is 0 Å². The van der Waals surface area contributed by atoms with Crippen molar-refractivity contribution in [3.8, 4) is 0 Å². The van der Waals surface area contributed by atoms with Crippen molar-refractivity contribution in [3.05, 3.63) is 12.2 Å². The molecule has 0 aromatic carbocycles. The summed E-state index contributed by atoms with van der Waals surface area (Å²) in [4.78, 5) is 0. The first kappa shape index (κ1) is 30.8. The Morgan fingerprint density at radius 1 is 0.679 bits per heavy atom. The number of ether oxygens (including phenoxy) is 2. The summed E-state index contributed by atoms with van der Waals surface area (Å²) in [5.41, 5.74) is 0. The number of allylic oxidation sites excluding steroid dienone is 2. The molecule has 0 saturated carbocycles. The quantitative estimate of drug-likeness (QED) is 0.106. The Balaban J connectivity index is 0. The maximum absolute atomic E-state index is 5.99. The molecule has 0 unspecified atom stereocenters. The highest BCUT2D eigenvalue weighted by atomic mass is 79.9. The van der Waals surface area contributed by atoms with Gasteiger partial charge >= 0.3 is 0 Å². The van der Waals surface area contributed by atoms with E-state index in [0.29, 0.717) is 0 Å². The van der Waals surface area contributed by atoms with Gasteiger partial charge in [-0.2, -0.15) is 0 Å². The summed E-state index contributed by atoms with van der Waals surface area (Å²) in [5, 5.41) is 0. The highest BCUT2D eigenvalue weighted by Crippen LogP contribution is 2.47. The van der Waals surface area contributed by atoms with E-state index in [1.165, 1.54) is 70.4 Å². The lowest BCUT2D eigenvalue weighted by Crippen LogP contribution is -3.00. The summed E-state index contributed by atoms with van der Waals surface area (Å²) in [6.45, 7) is 13.5. The molecule has 0 aromatic heterocycles. The molecule has 0 atom stereocenters. The molecule has 0 heterocycles. The van der Waals surface area contributed by atoms with Gasteiger partial charge in [-0.1, -0.05) is 58.1 Å². The third kappa shape index (κ3) is 24.6. The molecule has 4 heteroatoms. The van der Waals surface area contributed by atoms with Gasteiger partial charge in [0.25, 0.3) is 0 Å². The van der Waals surface area contributed by atoms with Crippen LogP contribution < -0.4 is 17.0 Å². The van der Waals surface area contributed by atoms with Crippen LogP contribution in [0.15, 0.2) is 12.2 Å². The molecule has 0 spiro atoms. The molecule has 0 rings (SSSR count). The molecule has 28 heavy (non-hydrogen) atoms. The first-order valence-electron chi connectivity index (χ1n) is 11.7. The molecule has 170 valence electrons. The topological polar surface area (TPSA) is 18.5 Å². The van der Waals surface area contributed by atoms with Gasteiger partial charge in [0, 0.05) is 40.5 Å². The lowest BCUT2D eigenvalue weighted by Gasteiger charge is -2.18. The van der Waals surface area contributed by atoms with Gasteiger partial charge in [0.1, 0.15) is 0 Å². The van der Waals surface area contributed by atoms with Crippen LogP contribution >= 0.6 is 7.26 Å². The lowest BCUT2D eigenvalue weighted by molar-refractivity contribution is -0.148. The normalized spacial score (nSPS) is 12.1. The summed E-state index contributed by atoms with van der Waals surface area (Å²) in [6.07, 6.45) is 22.3. The van der Waals surface area contributed by atoms with E-state index in [-0.39, 0.29) is 23.3 Å². The van der Waals surface area contributed by atoms with E-state index < -0.39 is 7.26 Å². The monoisotopic (exact) mass is 480 g/mol. The smallest absolute Gasteiger partial charge is 0.157 e. The Bertz CT molecular complexity index is 317. The number of unbranched alkanes of at least 4 members (excludes halogenated alkanes) is 8. The molecule has 0 radical (unpaired) electrons. The van der Waals surface area contributed by atoms with Gasteiger partial charge in [0.15, 0.2) is 6.29 Å². The zero-order valence-corrected chi connectivity index (χ0v) is 22.2. The minimum atomic E-state index is -0.578. The van der Waals surface area contributed by atoms with Crippen LogP contribution in [0, 0.1) is 0 Å². The van der Waals surface area contributed by atoms with Crippen LogP contribution in [0.25, 0.3) is 0 Å². The Morgan fingerprint density at radius 3 is 1.71 bits per heavy atom. The molecule has 0 N–H and O–H groups in total. The first-order valence-corrected chi connectivity index (χ1v) is 15.0. The van der Waals surface area contributed by atoms with E-state index in [2.05, 4.69) is 46.0 Å². The molecule has 0 fully saturated rings. The van der Waals surface area contributed by atoms with Crippen LogP contribution in [0.5, 0.6) is 0 Å². The Kier molecular flexibility index (Phi) is 24.5. The number of hydrogen-bond acceptors (Lipinski definition) is 2. The summed E-state index contributed by atoms with van der Waals surface area (Å²) >= 11 is 0. The van der Waals surface area contributed by atoms with Crippen molar-refractivity contribution in [2.75, 3.05) is 39.4 Å². The van der Waals surface area contributed by atoms with Crippen molar-refractivity contribution < 1.29 is 26.5 Å². The molecular formula is C24H50BrO2P. The minimum Gasteiger partial charge on any atom is -1.00 e. The van der Waals surface area contributed by atoms with E-state index in [4.69, 9.17) is 9.47 Å². The Hall–Kier alpha value is 0.570. The van der Waals surface area contributed by atoms with Crippen molar-refractivity contribution in [1.29, 1.82) is 0 Å². The molecule has 0 aliphatic carbocycles. The highest BCUT2D eigenvalue weighted by Gasteiger charge is 2.14. The molecule has 0 bridgehead atoms. The van der Waals surface area contributed by atoms with Crippen LogP contribution in [0.3, 0.4) is 0 Å². The largest absolute Gasteiger partial charge is 1.00 e. The fourth-order valence-electron chi connectivity index (χ4n) is 3.02. The van der Waals surface area contributed by atoms with Gasteiger partial charge in [-0.15, -0.1) is 0 Å². The number of rotatable bonds is 20. The van der Waals surface area contributed by atoms with Crippen LogP contribution in [0.4, 0.5) is 0 Å². The van der Waals surface area contributed by atoms with Crippen molar-refractivity contribution in [2.24, 2.45) is 0 Å². The van der Waals surface area contributed by atoms with Gasteiger partial charge in [-0.3, -0.25) is 0 Å². The zero-order valence-electron chi connectivity index (χ0n) is 19.7. The molecule has 2 nitrogen and oxygen atoms in total. The first-order chi connectivity index (χ1) is 13.0. The van der Waals surface area contributed by atoms with Gasteiger partial charge in [-0.25, -0.2) is 0 Å². The van der Waals surface area contributed by atoms with Crippen molar-refractivity contribution >= 4 is 7.26 Å². The third-order valence-corrected chi connectivity index (χ3v) is 6.44. The molecular weight excluding hydrogens is 431 g/mol. The second-order valence-corrected chi connectivity index (χ2v) is 13.9. The Labute approximate surface area is 188 Å². The van der Waals surface area contributed by atoms with Gasteiger partial charge in [0.05, 0.1) is 6.16 Å². The second kappa shape index (κ2) is 22.3. The van der Waals surface area contributed by atoms with Gasteiger partial charge in [0.2, 0.25) is 0 Å². The van der Waals surface area contributed by atoms with Gasteiger partial charge in [-0.05, 0) is 51.4 Å². The third-order valence-electron chi connectivity index (χ3n) is 4.78. The zero-order chi connectivity index (χ0) is 20.2. The summed E-state index contributed by atoms with van der Waals surface area (Å²) in [7, 11) is -0.578. The summed E-state index contributed by atoms with van der Waals surface area (Å²) in [5.74, 6) is 0. The summed E-state index contributed by atoms with van der Waals surface area (Å²) < 4.78 is 12.0. The van der Waals surface area contributed by atoms with Crippen LogP contribution in [-0.2, 0) is 9.47 Å². The van der Waals surface area contributed by atoms with Crippen LogP contribution in [-0.4, -0.2) is 45.7 Å². The average Bonchev–Trinajstić information content (AvgIpc) is 2.62. The predicted octanol–water partition coefficient (Wildman–Crippen LogP) is 4.92. The number of halogens is 1. The van der Waals surface area contributed by atoms with Crippen molar-refractivity contribution in [3.63, 3.8) is 0 Å². The van der Waals surface area contributed by atoms with Crippen molar-refractivity contribution in [1.82, 2.24) is 0 Å². The Morgan fingerprint density at radius 2 is 1.21 bits per heavy atom. The van der Waals surface area contributed by atoms with Crippen LogP contribution in [0.2, 0.25) is 0 Å².